The highest BCUT2D eigenvalue weighted by molar-refractivity contribution is 7.17. The Morgan fingerprint density at radius 1 is 0.281 bits per heavy atom. The van der Waals surface area contributed by atoms with Gasteiger partial charge in [0.25, 0.3) is 0 Å². The van der Waals surface area contributed by atoms with Gasteiger partial charge in [0, 0.05) is 63.8 Å². The van der Waals surface area contributed by atoms with Crippen molar-refractivity contribution in [2.24, 2.45) is 0 Å². The molecule has 0 saturated carbocycles. The summed E-state index contributed by atoms with van der Waals surface area (Å²) in [5.74, 6) is -0.261. The summed E-state index contributed by atoms with van der Waals surface area (Å²) < 4.78 is 0. The third-order valence-electron chi connectivity index (χ3n) is 26.5. The molecule has 5 aromatic rings. The molecule has 0 atom stereocenters. The van der Waals surface area contributed by atoms with Gasteiger partial charge in [0.1, 0.15) is 35.4 Å². The molecule has 0 N–H and O–H groups in total. The predicted octanol–water partition coefficient (Wildman–Crippen LogP) is 34.0. The van der Waals surface area contributed by atoms with Gasteiger partial charge >= 0.3 is 0 Å². The number of carbonyl (C=O) groups is 2. The Labute approximate surface area is 701 Å². The molecule has 0 radical (unpaired) electrons. The molecule has 4 aliphatic rings. The average molecular weight is 1570 g/mol. The molecule has 0 saturated heterocycles. The second-order valence-electron chi connectivity index (χ2n) is 35.1. The van der Waals surface area contributed by atoms with E-state index in [2.05, 4.69) is 76.2 Å². The zero-order chi connectivity index (χ0) is 80.3. The van der Waals surface area contributed by atoms with Gasteiger partial charge in [0.15, 0.2) is 11.6 Å². The van der Waals surface area contributed by atoms with Crippen molar-refractivity contribution >= 4 is 57.5 Å². The number of benzene rings is 3. The van der Waals surface area contributed by atoms with E-state index in [4.69, 9.17) is 0 Å². The molecule has 0 aliphatic heterocycles. The summed E-state index contributed by atoms with van der Waals surface area (Å²) in [5.41, 5.74) is 11.9. The van der Waals surface area contributed by atoms with Crippen LogP contribution in [-0.4, -0.2) is 11.6 Å². The van der Waals surface area contributed by atoms with Crippen molar-refractivity contribution in [3.8, 4) is 45.2 Å². The summed E-state index contributed by atoms with van der Waals surface area (Å²) in [6, 6.07) is 34.2. The molecule has 0 amide bonds. The summed E-state index contributed by atoms with van der Waals surface area (Å²) in [6.07, 6.45) is 81.6. The molecule has 0 unspecified atom stereocenters. The Bertz CT molecular complexity index is 3730. The van der Waals surface area contributed by atoms with Gasteiger partial charge in [0.05, 0.1) is 0 Å². The Hall–Kier alpha value is -6.68. The maximum atomic E-state index is 14.8. The number of thiophene rings is 2. The minimum atomic E-state index is -0.295. The largest absolute Gasteiger partial charge is 0.289 e. The summed E-state index contributed by atoms with van der Waals surface area (Å²) in [5, 5.41) is 42.2. The standard InChI is InChI=1S/C106H146N4O2S2/c1-5-9-13-17-21-25-29-33-37-41-45-49-53-61-69-105(70-62-54-50-46-42-38-34-30-26-22-18-14-10-6-2)95-77-92-96(78-91(95)103-97(105)75-85(113-103)73-93-99(83(79-107)80-108)87-65-57-59-67-89(87)101(93)111)106(71-63-55-51-47-43-39-35-31-27-23-19-15-11-7-3,72-64-56-52-48-44-40-36-32-28-24-20-16-12-8-4)98-76-86(114-104(92)98)74-94-100(84(81-109)82-110)88-66-58-60-68-90(88)102(94)112/h57-60,65-68,73-78H,5-56,61-64,69-72H2,1-4H3/b93-73-,94-74-. The monoisotopic (exact) mass is 1570 g/mol. The summed E-state index contributed by atoms with van der Waals surface area (Å²) >= 11 is 3.63. The Balaban J connectivity index is 1.11. The van der Waals surface area contributed by atoms with Gasteiger partial charge in [-0.05, 0) is 107 Å². The smallest absolute Gasteiger partial charge is 0.194 e. The average Bonchev–Trinajstić information content (AvgIpc) is 1.52. The predicted molar refractivity (Wildman–Crippen MR) is 488 cm³/mol. The number of Topliss-reactive ketones (excluding diaryl/α,β-unsaturated/α-hetero) is 2. The molecule has 0 fully saturated rings. The highest BCUT2D eigenvalue weighted by Crippen LogP contribution is 2.64. The van der Waals surface area contributed by atoms with Crippen LogP contribution in [-0.2, 0) is 10.8 Å². The Kier molecular flexibility index (Phi) is 41.2. The van der Waals surface area contributed by atoms with E-state index in [1.807, 2.05) is 83.4 Å². The van der Waals surface area contributed by atoms with Gasteiger partial charge < -0.3 is 0 Å². The quantitative estimate of drug-likeness (QED) is 0.0217. The second kappa shape index (κ2) is 51.5. The van der Waals surface area contributed by atoms with Crippen molar-refractivity contribution in [2.45, 2.75) is 424 Å². The first-order valence-electron chi connectivity index (χ1n) is 47.5. The van der Waals surface area contributed by atoms with Crippen LogP contribution in [0.3, 0.4) is 0 Å². The number of ketones is 2. The van der Waals surface area contributed by atoms with Crippen molar-refractivity contribution in [2.75, 3.05) is 0 Å². The number of nitrogens with zero attached hydrogens (tertiary/aromatic N) is 4. The lowest BCUT2D eigenvalue weighted by Crippen LogP contribution is -2.27. The number of hydrogen-bond acceptors (Lipinski definition) is 8. The fourth-order valence-electron chi connectivity index (χ4n) is 19.9. The maximum Gasteiger partial charge on any atom is 0.194 e. The van der Waals surface area contributed by atoms with Gasteiger partial charge in [-0.25, -0.2) is 0 Å². The molecule has 9 rings (SSSR count). The highest BCUT2D eigenvalue weighted by atomic mass is 32.1. The zero-order valence-electron chi connectivity index (χ0n) is 71.9. The summed E-state index contributed by atoms with van der Waals surface area (Å²) in [6.45, 7) is 9.21. The lowest BCUT2D eigenvalue weighted by Gasteiger charge is -2.34. The molecule has 2 aromatic heterocycles. The van der Waals surface area contributed by atoms with Crippen LogP contribution in [0, 0.1) is 45.3 Å². The lowest BCUT2D eigenvalue weighted by molar-refractivity contribution is 0.103. The van der Waals surface area contributed by atoms with Crippen molar-refractivity contribution in [3.05, 3.63) is 149 Å². The minimum Gasteiger partial charge on any atom is -0.289 e. The number of hydrogen-bond donors (Lipinski definition) is 0. The molecule has 4 aliphatic carbocycles. The van der Waals surface area contributed by atoms with Crippen LogP contribution in [0.5, 0.6) is 0 Å². The van der Waals surface area contributed by atoms with Crippen LogP contribution in [0.4, 0.5) is 0 Å². The molecule has 3 aromatic carbocycles. The number of allylic oxidation sites excluding steroid dienone is 6. The van der Waals surface area contributed by atoms with Gasteiger partial charge in [-0.15, -0.1) is 22.7 Å². The van der Waals surface area contributed by atoms with E-state index < -0.39 is 0 Å². The number of unbranched alkanes of at least 4 members (excludes halogenated alkanes) is 52. The normalized spacial score (nSPS) is 14.6. The van der Waals surface area contributed by atoms with E-state index in [1.54, 1.807) is 0 Å². The first-order valence-corrected chi connectivity index (χ1v) is 49.1. The third-order valence-corrected chi connectivity index (χ3v) is 28.7. The van der Waals surface area contributed by atoms with Crippen LogP contribution in [0.15, 0.2) is 95.1 Å². The van der Waals surface area contributed by atoms with E-state index in [0.29, 0.717) is 44.5 Å². The highest BCUT2D eigenvalue weighted by Gasteiger charge is 2.50. The molecule has 0 spiro atoms. The van der Waals surface area contributed by atoms with Gasteiger partial charge in [0.2, 0.25) is 0 Å². The minimum absolute atomic E-state index is 0.0267. The fraction of sp³-hybridized carbons (Fsp3) is 0.623. The third kappa shape index (κ3) is 25.7. The van der Waals surface area contributed by atoms with Crippen molar-refractivity contribution < 1.29 is 9.59 Å². The van der Waals surface area contributed by atoms with E-state index in [-0.39, 0.29) is 33.5 Å². The maximum absolute atomic E-state index is 14.8. The van der Waals surface area contributed by atoms with Crippen molar-refractivity contribution in [1.82, 2.24) is 0 Å². The molecular formula is C106H146N4O2S2. The summed E-state index contributed by atoms with van der Waals surface area (Å²) in [4.78, 5) is 34.3. The SMILES string of the molecule is CCCCCCCCCCCCCCCCC1(CCCCCCCCCCCCCCCC)c2cc3c(cc2-c2sc(/C=C4\C(=O)c5ccccc5C4=C(C#N)C#N)cc21)C(CCCCCCCCCCCCCCCC)(CCCCCCCCCCCCCCCC)c1cc(/C=C2\C(=O)c4ccccc4C2=C(C#N)C#N)sc1-3. The van der Waals surface area contributed by atoms with Crippen LogP contribution < -0.4 is 0 Å². The van der Waals surface area contributed by atoms with Crippen LogP contribution >= 0.6 is 22.7 Å². The van der Waals surface area contributed by atoms with Crippen molar-refractivity contribution in [1.29, 1.82) is 21.0 Å². The molecule has 6 nitrogen and oxygen atoms in total. The lowest BCUT2D eigenvalue weighted by atomic mass is 9.68. The van der Waals surface area contributed by atoms with Gasteiger partial charge in [-0.1, -0.05) is 436 Å². The molecule has 114 heavy (non-hydrogen) atoms. The van der Waals surface area contributed by atoms with E-state index in [1.165, 1.54) is 377 Å². The number of nitriles is 4. The first kappa shape index (κ1) is 91.2. The van der Waals surface area contributed by atoms with E-state index >= 15 is 0 Å². The number of carbonyl (C=O) groups excluding carboxylic acids is 2. The second-order valence-corrected chi connectivity index (χ2v) is 37.3. The van der Waals surface area contributed by atoms with Crippen LogP contribution in [0.25, 0.3) is 44.2 Å². The summed E-state index contributed by atoms with van der Waals surface area (Å²) in [7, 11) is 0. The van der Waals surface area contributed by atoms with Gasteiger partial charge in [-0.2, -0.15) is 21.0 Å². The fourth-order valence-corrected chi connectivity index (χ4v) is 22.4. The van der Waals surface area contributed by atoms with Crippen LogP contribution in [0.2, 0.25) is 0 Å². The number of rotatable bonds is 62. The van der Waals surface area contributed by atoms with Crippen molar-refractivity contribution in [3.63, 3.8) is 0 Å². The zero-order valence-corrected chi connectivity index (χ0v) is 73.6. The Morgan fingerprint density at radius 3 is 0.711 bits per heavy atom. The van der Waals surface area contributed by atoms with E-state index in [9.17, 15) is 30.6 Å². The molecular weight excluding hydrogens is 1430 g/mol. The molecule has 0 bridgehead atoms. The topological polar surface area (TPSA) is 129 Å². The van der Waals surface area contributed by atoms with E-state index in [0.717, 1.165) is 61.1 Å². The molecule has 2 heterocycles. The molecule has 614 valence electrons. The first-order chi connectivity index (χ1) is 56.2. The van der Waals surface area contributed by atoms with Crippen LogP contribution in [0.1, 0.15) is 477 Å². The van der Waals surface area contributed by atoms with Gasteiger partial charge in [-0.3, -0.25) is 9.59 Å². The number of fused-ring (bicyclic) bond motifs is 8. The molecule has 8 heteroatoms. The Morgan fingerprint density at radius 2 is 0.491 bits per heavy atom.